The van der Waals surface area contributed by atoms with E-state index in [2.05, 4.69) is 0 Å². The van der Waals surface area contributed by atoms with E-state index in [1.54, 1.807) is 30.8 Å². The number of hydrogen-bond donors (Lipinski definition) is 0. The lowest BCUT2D eigenvalue weighted by Crippen LogP contribution is -2.46. The molecule has 1 saturated heterocycles. The molecule has 6 heteroatoms. The van der Waals surface area contributed by atoms with Crippen molar-refractivity contribution in [3.05, 3.63) is 35.9 Å². The van der Waals surface area contributed by atoms with Crippen LogP contribution >= 0.6 is 11.8 Å². The second-order valence-electron chi connectivity index (χ2n) is 6.11. The van der Waals surface area contributed by atoms with Gasteiger partial charge in [-0.2, -0.15) is 0 Å². The number of thioether (sulfide) groups is 1. The summed E-state index contributed by atoms with van der Waals surface area (Å²) in [6.07, 6.45) is 2.19. The lowest BCUT2D eigenvalue weighted by atomic mass is 10.0. The van der Waals surface area contributed by atoms with Gasteiger partial charge in [-0.1, -0.05) is 30.3 Å². The predicted octanol–water partition coefficient (Wildman–Crippen LogP) is 2.42. The first-order chi connectivity index (χ1) is 11.5. The fourth-order valence-corrected chi connectivity index (χ4v) is 3.84. The molecule has 1 aromatic carbocycles. The average molecular weight is 348 g/mol. The van der Waals surface area contributed by atoms with E-state index >= 15 is 0 Å². The minimum absolute atomic E-state index is 0.00681. The Morgan fingerprint density at radius 1 is 1.12 bits per heavy atom. The van der Waals surface area contributed by atoms with Crippen LogP contribution in [0.5, 0.6) is 0 Å². The molecule has 1 fully saturated rings. The summed E-state index contributed by atoms with van der Waals surface area (Å²) in [6, 6.07) is 8.87. The average Bonchev–Trinajstić information content (AvgIpc) is 3.08. The molecule has 1 atom stereocenters. The van der Waals surface area contributed by atoms with Gasteiger partial charge in [0.15, 0.2) is 5.78 Å². The third-order valence-corrected chi connectivity index (χ3v) is 5.08. The zero-order valence-corrected chi connectivity index (χ0v) is 15.1. The number of amides is 2. The topological polar surface area (TPSA) is 57.7 Å². The smallest absolute Gasteiger partial charge is 0.245 e. The molecule has 5 nitrogen and oxygen atoms in total. The number of Topliss-reactive ketones (excluding diaryl/α,β-unsaturated/α-hetero) is 1. The standard InChI is InChI=1S/C18H24N2O3S/c1-19(2)18(23)15-12-24-13-20(15)17(22)11-7-6-10-16(21)14-8-4-3-5-9-14/h3-5,8-9,15H,6-7,10-13H2,1-2H3. The van der Waals surface area contributed by atoms with Gasteiger partial charge in [-0.15, -0.1) is 11.8 Å². The van der Waals surface area contributed by atoms with Crippen molar-refractivity contribution in [1.82, 2.24) is 9.80 Å². The lowest BCUT2D eigenvalue weighted by Gasteiger charge is -2.25. The molecule has 0 bridgehead atoms. The normalized spacial score (nSPS) is 16.9. The molecule has 2 rings (SSSR count). The van der Waals surface area contributed by atoms with E-state index in [9.17, 15) is 14.4 Å². The molecule has 2 amide bonds. The highest BCUT2D eigenvalue weighted by molar-refractivity contribution is 7.99. The van der Waals surface area contributed by atoms with Crippen LogP contribution in [0.2, 0.25) is 0 Å². The van der Waals surface area contributed by atoms with Crippen LogP contribution in [0, 0.1) is 0 Å². The summed E-state index contributed by atoms with van der Waals surface area (Å²) in [5.74, 6) is 1.33. The summed E-state index contributed by atoms with van der Waals surface area (Å²) in [5, 5.41) is 0. The summed E-state index contributed by atoms with van der Waals surface area (Å²) >= 11 is 1.61. The molecule has 0 aromatic heterocycles. The first kappa shape index (κ1) is 18.5. The van der Waals surface area contributed by atoms with E-state index in [4.69, 9.17) is 0 Å². The number of unbranched alkanes of at least 4 members (excludes halogenated alkanes) is 1. The molecule has 0 N–H and O–H groups in total. The first-order valence-corrected chi connectivity index (χ1v) is 9.33. The summed E-state index contributed by atoms with van der Waals surface area (Å²) in [5.41, 5.74) is 0.719. The summed E-state index contributed by atoms with van der Waals surface area (Å²) in [6.45, 7) is 0. The second kappa shape index (κ2) is 8.87. The van der Waals surface area contributed by atoms with Crippen LogP contribution in [0.15, 0.2) is 30.3 Å². The Bertz CT molecular complexity index is 589. The quantitative estimate of drug-likeness (QED) is 0.561. The Kier molecular flexibility index (Phi) is 6.85. The Labute approximate surface area is 147 Å². The van der Waals surface area contributed by atoms with Crippen LogP contribution in [0.3, 0.4) is 0 Å². The van der Waals surface area contributed by atoms with Crippen molar-refractivity contribution in [3.63, 3.8) is 0 Å². The monoisotopic (exact) mass is 348 g/mol. The van der Waals surface area contributed by atoms with Gasteiger partial charge in [0.2, 0.25) is 11.8 Å². The van der Waals surface area contributed by atoms with Crippen molar-refractivity contribution in [3.8, 4) is 0 Å². The van der Waals surface area contributed by atoms with E-state index in [0.29, 0.717) is 37.3 Å². The molecule has 0 radical (unpaired) electrons. The molecule has 1 heterocycles. The largest absolute Gasteiger partial charge is 0.347 e. The third kappa shape index (κ3) is 4.84. The lowest BCUT2D eigenvalue weighted by molar-refractivity contribution is -0.141. The van der Waals surface area contributed by atoms with Gasteiger partial charge in [-0.3, -0.25) is 14.4 Å². The van der Waals surface area contributed by atoms with Crippen LogP contribution in [0.1, 0.15) is 36.0 Å². The minimum Gasteiger partial charge on any atom is -0.347 e. The Hall–Kier alpha value is -1.82. The van der Waals surface area contributed by atoms with E-state index in [0.717, 1.165) is 5.56 Å². The van der Waals surface area contributed by atoms with Gasteiger partial charge in [-0.25, -0.2) is 0 Å². The molecular formula is C18H24N2O3S. The molecular weight excluding hydrogens is 324 g/mol. The van der Waals surface area contributed by atoms with Gasteiger partial charge in [0.25, 0.3) is 0 Å². The van der Waals surface area contributed by atoms with Crippen LogP contribution in [-0.4, -0.2) is 59.2 Å². The highest BCUT2D eigenvalue weighted by atomic mass is 32.2. The van der Waals surface area contributed by atoms with Crippen molar-refractivity contribution < 1.29 is 14.4 Å². The number of hydrogen-bond acceptors (Lipinski definition) is 4. The number of ketones is 1. The highest BCUT2D eigenvalue weighted by Gasteiger charge is 2.34. The number of benzene rings is 1. The highest BCUT2D eigenvalue weighted by Crippen LogP contribution is 2.23. The van der Waals surface area contributed by atoms with Crippen LogP contribution < -0.4 is 0 Å². The van der Waals surface area contributed by atoms with Crippen molar-refractivity contribution in [1.29, 1.82) is 0 Å². The molecule has 1 unspecified atom stereocenters. The number of carbonyl (C=O) groups excluding carboxylic acids is 3. The maximum Gasteiger partial charge on any atom is 0.245 e. The van der Waals surface area contributed by atoms with Gasteiger partial charge in [0, 0.05) is 38.3 Å². The first-order valence-electron chi connectivity index (χ1n) is 8.17. The van der Waals surface area contributed by atoms with Gasteiger partial charge in [0.05, 0.1) is 5.88 Å². The van der Waals surface area contributed by atoms with E-state index in [-0.39, 0.29) is 23.6 Å². The Morgan fingerprint density at radius 3 is 2.46 bits per heavy atom. The third-order valence-electron chi connectivity index (χ3n) is 4.07. The number of likely N-dealkylation sites (N-methyl/N-ethyl adjacent to an activating group) is 1. The van der Waals surface area contributed by atoms with Crippen LogP contribution in [0.25, 0.3) is 0 Å². The predicted molar refractivity (Wildman–Crippen MR) is 95.9 cm³/mol. The second-order valence-corrected chi connectivity index (χ2v) is 7.11. The molecule has 130 valence electrons. The summed E-state index contributed by atoms with van der Waals surface area (Å²) in [7, 11) is 3.42. The molecule has 0 spiro atoms. The molecule has 0 aliphatic carbocycles. The Balaban J connectivity index is 1.75. The van der Waals surface area contributed by atoms with Crippen molar-refractivity contribution in [2.75, 3.05) is 25.7 Å². The van der Waals surface area contributed by atoms with Crippen molar-refractivity contribution in [2.45, 2.75) is 31.7 Å². The van der Waals surface area contributed by atoms with E-state index in [1.165, 1.54) is 4.90 Å². The molecule has 1 aromatic rings. The van der Waals surface area contributed by atoms with Gasteiger partial charge < -0.3 is 9.80 Å². The molecule has 1 aliphatic rings. The maximum absolute atomic E-state index is 12.4. The molecule has 24 heavy (non-hydrogen) atoms. The molecule has 1 aliphatic heterocycles. The number of rotatable bonds is 7. The zero-order valence-electron chi connectivity index (χ0n) is 14.2. The Morgan fingerprint density at radius 2 is 1.79 bits per heavy atom. The van der Waals surface area contributed by atoms with E-state index < -0.39 is 0 Å². The number of carbonyl (C=O) groups is 3. The van der Waals surface area contributed by atoms with Crippen molar-refractivity contribution in [2.24, 2.45) is 0 Å². The minimum atomic E-state index is -0.344. The number of nitrogens with zero attached hydrogens (tertiary/aromatic N) is 2. The van der Waals surface area contributed by atoms with Gasteiger partial charge >= 0.3 is 0 Å². The van der Waals surface area contributed by atoms with Crippen LogP contribution in [0.4, 0.5) is 0 Å². The van der Waals surface area contributed by atoms with Gasteiger partial charge in [-0.05, 0) is 12.8 Å². The zero-order chi connectivity index (χ0) is 17.5. The SMILES string of the molecule is CN(C)C(=O)C1CSCN1C(=O)CCCCC(=O)c1ccccc1. The van der Waals surface area contributed by atoms with E-state index in [1.807, 2.05) is 30.3 Å². The molecule has 0 saturated carbocycles. The maximum atomic E-state index is 12.4. The fraction of sp³-hybridized carbons (Fsp3) is 0.500. The fourth-order valence-electron chi connectivity index (χ4n) is 2.66. The summed E-state index contributed by atoms with van der Waals surface area (Å²) < 4.78 is 0. The van der Waals surface area contributed by atoms with Gasteiger partial charge in [0.1, 0.15) is 6.04 Å². The van der Waals surface area contributed by atoms with Crippen molar-refractivity contribution >= 4 is 29.4 Å². The summed E-state index contributed by atoms with van der Waals surface area (Å²) in [4.78, 5) is 39.7. The van der Waals surface area contributed by atoms with Crippen LogP contribution in [-0.2, 0) is 9.59 Å².